The third-order valence-corrected chi connectivity index (χ3v) is 11.5. The molecule has 0 bridgehead atoms. The molecule has 0 saturated heterocycles. The third-order valence-electron chi connectivity index (χ3n) is 11.5. The molecule has 0 aliphatic heterocycles. The number of rotatable bonds is 3. The van der Waals surface area contributed by atoms with Gasteiger partial charge in [-0.3, -0.25) is 0 Å². The van der Waals surface area contributed by atoms with E-state index in [2.05, 4.69) is 193 Å². The zero-order valence-corrected chi connectivity index (χ0v) is 29.1. The Bertz CT molecular complexity index is 3240. The lowest BCUT2D eigenvalue weighted by Crippen LogP contribution is -1.93. The second kappa shape index (κ2) is 10.9. The van der Waals surface area contributed by atoms with Crippen LogP contribution in [0.5, 0.6) is 0 Å². The highest BCUT2D eigenvalue weighted by molar-refractivity contribution is 6.36. The Labute approximate surface area is 301 Å². The summed E-state index contributed by atoms with van der Waals surface area (Å²) in [5.74, 6) is 0. The molecule has 2 nitrogen and oxygen atoms in total. The molecule has 0 aliphatic carbocycles. The first-order valence-electron chi connectivity index (χ1n) is 18.1. The van der Waals surface area contributed by atoms with E-state index in [0.29, 0.717) is 0 Å². The summed E-state index contributed by atoms with van der Waals surface area (Å²) in [6.07, 6.45) is 0. The van der Waals surface area contributed by atoms with Crippen LogP contribution in [0.2, 0.25) is 0 Å². The number of aromatic nitrogens is 2. The van der Waals surface area contributed by atoms with Crippen LogP contribution in [-0.2, 0) is 14.1 Å². The van der Waals surface area contributed by atoms with E-state index < -0.39 is 0 Å². The number of hydrogen-bond acceptors (Lipinski definition) is 0. The molecule has 52 heavy (non-hydrogen) atoms. The van der Waals surface area contributed by atoms with Crippen molar-refractivity contribution in [2.75, 3.05) is 0 Å². The molecule has 2 heterocycles. The lowest BCUT2D eigenvalue weighted by Gasteiger charge is -2.08. The predicted molar refractivity (Wildman–Crippen MR) is 223 cm³/mol. The Hall–Kier alpha value is -6.64. The van der Waals surface area contributed by atoms with Gasteiger partial charge in [0.05, 0.1) is 11.0 Å². The van der Waals surface area contributed by atoms with Crippen molar-refractivity contribution in [1.82, 2.24) is 9.13 Å². The minimum absolute atomic E-state index is 1.22. The van der Waals surface area contributed by atoms with Crippen LogP contribution in [0.3, 0.4) is 0 Å². The van der Waals surface area contributed by atoms with Crippen molar-refractivity contribution >= 4 is 75.9 Å². The smallest absolute Gasteiger partial charge is 0.0742 e. The average molecular weight is 663 g/mol. The SMILES string of the molecule is Cn1c2cc(-c3ccc(-c4ccc5ccccc5c4)cc3)ccc2c2c3ccccc3c3c4ccc(-c5cccc6ccccc56)cc4n(C)c3c21. The van der Waals surface area contributed by atoms with Crippen molar-refractivity contribution in [1.29, 1.82) is 0 Å². The summed E-state index contributed by atoms with van der Waals surface area (Å²) in [7, 11) is 4.48. The molecule has 11 rings (SSSR count). The summed E-state index contributed by atoms with van der Waals surface area (Å²) in [5, 5.41) is 12.9. The van der Waals surface area contributed by atoms with E-state index >= 15 is 0 Å². The van der Waals surface area contributed by atoms with Crippen LogP contribution >= 0.6 is 0 Å². The average Bonchev–Trinajstić information content (AvgIpc) is 3.67. The molecule has 0 radical (unpaired) electrons. The van der Waals surface area contributed by atoms with Crippen LogP contribution in [0.15, 0.2) is 170 Å². The lowest BCUT2D eigenvalue weighted by molar-refractivity contribution is 0.987. The van der Waals surface area contributed by atoms with E-state index in [1.165, 1.54) is 109 Å². The monoisotopic (exact) mass is 662 g/mol. The summed E-state index contributed by atoms with van der Waals surface area (Å²) in [5.41, 5.74) is 12.5. The molecule has 11 aromatic rings. The lowest BCUT2D eigenvalue weighted by atomic mass is 9.95. The van der Waals surface area contributed by atoms with Crippen molar-refractivity contribution in [3.05, 3.63) is 170 Å². The molecule has 0 atom stereocenters. The number of nitrogens with zero attached hydrogens (tertiary/aromatic N) is 2. The Balaban J connectivity index is 1.10. The van der Waals surface area contributed by atoms with Gasteiger partial charge in [-0.2, -0.15) is 0 Å². The Morgan fingerprint density at radius 2 is 0.769 bits per heavy atom. The predicted octanol–water partition coefficient (Wildman–Crippen LogP) is 13.4. The molecule has 0 spiro atoms. The van der Waals surface area contributed by atoms with Crippen molar-refractivity contribution in [2.45, 2.75) is 0 Å². The molecule has 9 aromatic carbocycles. The maximum atomic E-state index is 2.43. The van der Waals surface area contributed by atoms with Crippen LogP contribution < -0.4 is 0 Å². The number of benzene rings is 9. The minimum Gasteiger partial charge on any atom is -0.342 e. The summed E-state index contributed by atoms with van der Waals surface area (Å²) >= 11 is 0. The Kier molecular flexibility index (Phi) is 6.12. The highest BCUT2D eigenvalue weighted by Crippen LogP contribution is 2.45. The summed E-state index contributed by atoms with van der Waals surface area (Å²) in [6.45, 7) is 0. The zero-order chi connectivity index (χ0) is 34.5. The summed E-state index contributed by atoms with van der Waals surface area (Å²) < 4.78 is 4.86. The van der Waals surface area contributed by atoms with Crippen molar-refractivity contribution in [3.63, 3.8) is 0 Å². The van der Waals surface area contributed by atoms with Gasteiger partial charge in [0, 0.05) is 46.7 Å². The van der Waals surface area contributed by atoms with Gasteiger partial charge in [0.1, 0.15) is 0 Å². The molecular formula is C50H34N2. The normalized spacial score (nSPS) is 12.0. The van der Waals surface area contributed by atoms with Crippen LogP contribution in [0.1, 0.15) is 0 Å². The van der Waals surface area contributed by atoms with Crippen molar-refractivity contribution < 1.29 is 0 Å². The first-order chi connectivity index (χ1) is 25.6. The molecule has 2 aromatic heterocycles. The minimum atomic E-state index is 1.22. The maximum Gasteiger partial charge on any atom is 0.0742 e. The van der Waals surface area contributed by atoms with Gasteiger partial charge in [0.25, 0.3) is 0 Å². The van der Waals surface area contributed by atoms with E-state index in [1.54, 1.807) is 0 Å². The van der Waals surface area contributed by atoms with Gasteiger partial charge >= 0.3 is 0 Å². The quantitative estimate of drug-likeness (QED) is 0.178. The van der Waals surface area contributed by atoms with Crippen molar-refractivity contribution in [2.24, 2.45) is 14.1 Å². The largest absolute Gasteiger partial charge is 0.342 e. The maximum absolute atomic E-state index is 2.43. The van der Waals surface area contributed by atoms with Gasteiger partial charge in [-0.1, -0.05) is 152 Å². The van der Waals surface area contributed by atoms with E-state index in [0.717, 1.165) is 0 Å². The first kappa shape index (κ1) is 29.1. The Morgan fingerprint density at radius 1 is 0.308 bits per heavy atom. The second-order valence-electron chi connectivity index (χ2n) is 14.2. The second-order valence-corrected chi connectivity index (χ2v) is 14.2. The summed E-state index contributed by atoms with van der Waals surface area (Å²) in [4.78, 5) is 0. The zero-order valence-electron chi connectivity index (χ0n) is 29.1. The van der Waals surface area contributed by atoms with Gasteiger partial charge < -0.3 is 9.13 Å². The molecule has 0 fully saturated rings. The summed E-state index contributed by atoms with van der Waals surface area (Å²) in [6, 6.07) is 62.6. The van der Waals surface area contributed by atoms with E-state index in [9.17, 15) is 0 Å². The fourth-order valence-electron chi connectivity index (χ4n) is 8.94. The highest BCUT2D eigenvalue weighted by atomic mass is 15.0. The van der Waals surface area contributed by atoms with Crippen LogP contribution in [0.25, 0.3) is 109 Å². The molecule has 2 heteroatoms. The van der Waals surface area contributed by atoms with Gasteiger partial charge in [-0.15, -0.1) is 0 Å². The molecule has 0 amide bonds. The standard InChI is InChI=1S/C50H34N2/c1-51-45-29-37(33-20-18-32(19-21-33)36-23-22-31-10-3-4-12-35(31)28-36)24-26-43(45)47-41-15-7-8-16-42(41)48-44-27-25-38(30-46(44)52(2)50(48)49(47)51)40-17-9-13-34-11-5-6-14-39(34)40/h3-30H,1-2H3. The van der Waals surface area contributed by atoms with Crippen LogP contribution in [0.4, 0.5) is 0 Å². The van der Waals surface area contributed by atoms with E-state index in [1.807, 2.05) is 0 Å². The highest BCUT2D eigenvalue weighted by Gasteiger charge is 2.22. The number of fused-ring (bicyclic) bond motifs is 12. The van der Waals surface area contributed by atoms with E-state index in [4.69, 9.17) is 0 Å². The number of aryl methyl sites for hydroxylation is 2. The van der Waals surface area contributed by atoms with Gasteiger partial charge in [0.2, 0.25) is 0 Å². The fourth-order valence-corrected chi connectivity index (χ4v) is 8.94. The topological polar surface area (TPSA) is 9.86 Å². The third kappa shape index (κ3) is 4.12. The van der Waals surface area contributed by atoms with Gasteiger partial charge in [0.15, 0.2) is 0 Å². The molecular weight excluding hydrogens is 629 g/mol. The van der Waals surface area contributed by atoms with Crippen molar-refractivity contribution in [3.8, 4) is 33.4 Å². The molecule has 0 N–H and O–H groups in total. The molecule has 0 unspecified atom stereocenters. The van der Waals surface area contributed by atoms with Gasteiger partial charge in [-0.05, 0) is 83.9 Å². The van der Waals surface area contributed by atoms with Crippen LogP contribution in [0, 0.1) is 0 Å². The number of hydrogen-bond donors (Lipinski definition) is 0. The molecule has 0 saturated carbocycles. The Morgan fingerprint density at radius 3 is 1.42 bits per heavy atom. The van der Waals surface area contributed by atoms with Crippen LogP contribution in [-0.4, -0.2) is 9.13 Å². The first-order valence-corrected chi connectivity index (χ1v) is 18.1. The van der Waals surface area contributed by atoms with Gasteiger partial charge in [-0.25, -0.2) is 0 Å². The fraction of sp³-hybridized carbons (Fsp3) is 0.0400. The molecule has 0 aliphatic rings. The molecule has 244 valence electrons. The van der Waals surface area contributed by atoms with E-state index in [-0.39, 0.29) is 0 Å².